The van der Waals surface area contributed by atoms with Crippen LogP contribution >= 0.6 is 11.3 Å². The Hall–Kier alpha value is -0.830. The van der Waals surface area contributed by atoms with Crippen LogP contribution in [0.1, 0.15) is 35.8 Å². The third-order valence-electron chi connectivity index (χ3n) is 2.80. The summed E-state index contributed by atoms with van der Waals surface area (Å²) < 4.78 is 2.16. The molecule has 0 spiro atoms. The molecule has 3 rings (SSSR count). The van der Waals surface area contributed by atoms with E-state index < -0.39 is 0 Å². The molecule has 0 N–H and O–H groups in total. The molecule has 0 unspecified atom stereocenters. The van der Waals surface area contributed by atoms with E-state index in [1.54, 1.807) is 0 Å². The first-order valence-corrected chi connectivity index (χ1v) is 5.59. The molecule has 2 aromatic rings. The molecule has 0 bridgehead atoms. The van der Waals surface area contributed by atoms with E-state index in [0.29, 0.717) is 0 Å². The van der Waals surface area contributed by atoms with Crippen molar-refractivity contribution in [1.82, 2.24) is 9.38 Å². The van der Waals surface area contributed by atoms with Crippen LogP contribution in [0.25, 0.3) is 4.96 Å². The second kappa shape index (κ2) is 2.58. The number of thiazole rings is 1. The molecule has 0 atom stereocenters. The Labute approximate surface area is 81.2 Å². The molecule has 0 aliphatic heterocycles. The first-order valence-electron chi connectivity index (χ1n) is 4.78. The van der Waals surface area contributed by atoms with Gasteiger partial charge in [-0.15, -0.1) is 11.3 Å². The van der Waals surface area contributed by atoms with Gasteiger partial charge in [0.05, 0.1) is 5.69 Å². The highest BCUT2D eigenvalue weighted by atomic mass is 32.1. The highest BCUT2D eigenvalue weighted by Crippen LogP contribution is 2.39. The number of nitrogens with zero attached hydrogens (tertiary/aromatic N) is 2. The summed E-state index contributed by atoms with van der Waals surface area (Å²) >= 11 is 1.85. The molecule has 3 heteroatoms. The Morgan fingerprint density at radius 3 is 2.92 bits per heavy atom. The van der Waals surface area contributed by atoms with E-state index in [-0.39, 0.29) is 0 Å². The number of imidazole rings is 1. The van der Waals surface area contributed by atoms with Crippen molar-refractivity contribution < 1.29 is 0 Å². The van der Waals surface area contributed by atoms with Gasteiger partial charge in [0.1, 0.15) is 0 Å². The van der Waals surface area contributed by atoms with Crippen LogP contribution in [0.3, 0.4) is 0 Å². The average Bonchev–Trinajstić information content (AvgIpc) is 2.39. The third-order valence-corrected chi connectivity index (χ3v) is 3.96. The van der Waals surface area contributed by atoms with E-state index >= 15 is 0 Å². The smallest absolute Gasteiger partial charge is 0.194 e. The molecule has 0 amide bonds. The van der Waals surface area contributed by atoms with Gasteiger partial charge in [0.25, 0.3) is 0 Å². The van der Waals surface area contributed by atoms with Crippen molar-refractivity contribution >= 4 is 16.3 Å². The molecule has 2 heterocycles. The van der Waals surface area contributed by atoms with Gasteiger partial charge < -0.3 is 0 Å². The van der Waals surface area contributed by atoms with Crippen LogP contribution < -0.4 is 0 Å². The number of aromatic nitrogens is 2. The number of hydrogen-bond acceptors (Lipinski definition) is 2. The van der Waals surface area contributed by atoms with Crippen molar-refractivity contribution in [2.24, 2.45) is 0 Å². The van der Waals surface area contributed by atoms with Crippen LogP contribution in [0.15, 0.2) is 12.4 Å². The Morgan fingerprint density at radius 1 is 1.46 bits per heavy atom. The molecule has 13 heavy (non-hydrogen) atoms. The zero-order chi connectivity index (χ0) is 8.84. The second-order valence-electron chi connectivity index (χ2n) is 3.83. The van der Waals surface area contributed by atoms with Gasteiger partial charge in [-0.25, -0.2) is 4.98 Å². The van der Waals surface area contributed by atoms with E-state index in [2.05, 4.69) is 21.8 Å². The largest absolute Gasteiger partial charge is 0.297 e. The molecule has 1 fully saturated rings. The number of rotatable bonds is 1. The molecule has 1 aliphatic carbocycles. The van der Waals surface area contributed by atoms with Crippen molar-refractivity contribution in [1.29, 1.82) is 0 Å². The maximum atomic E-state index is 4.46. The lowest BCUT2D eigenvalue weighted by molar-refractivity contribution is 0.425. The van der Waals surface area contributed by atoms with Crippen molar-refractivity contribution in [2.45, 2.75) is 32.1 Å². The van der Waals surface area contributed by atoms with Crippen LogP contribution in [-0.2, 0) is 0 Å². The maximum absolute atomic E-state index is 4.46. The zero-order valence-corrected chi connectivity index (χ0v) is 8.47. The standard InChI is InChI=1S/C10H12N2S/c1-7-5-12-6-9(8-3-2-4-8)13-10(12)11-7/h5-6,8H,2-4H2,1H3. The van der Waals surface area contributed by atoms with Gasteiger partial charge in [0.15, 0.2) is 4.96 Å². The van der Waals surface area contributed by atoms with Gasteiger partial charge in [0, 0.05) is 17.3 Å². The first kappa shape index (κ1) is 7.56. The first-order chi connectivity index (χ1) is 6.33. The van der Waals surface area contributed by atoms with Gasteiger partial charge >= 0.3 is 0 Å². The molecule has 68 valence electrons. The van der Waals surface area contributed by atoms with Gasteiger partial charge in [-0.3, -0.25) is 4.40 Å². The lowest BCUT2D eigenvalue weighted by atomic mass is 9.85. The van der Waals surface area contributed by atoms with E-state index in [9.17, 15) is 0 Å². The Bertz CT molecular complexity index is 405. The lowest BCUT2D eigenvalue weighted by Crippen LogP contribution is -2.06. The van der Waals surface area contributed by atoms with E-state index in [1.807, 2.05) is 18.3 Å². The summed E-state index contributed by atoms with van der Waals surface area (Å²) in [6.07, 6.45) is 8.52. The minimum absolute atomic E-state index is 0.840. The molecular weight excluding hydrogens is 180 g/mol. The molecule has 0 radical (unpaired) electrons. The van der Waals surface area contributed by atoms with Gasteiger partial charge in [0.2, 0.25) is 0 Å². The predicted octanol–water partition coefficient (Wildman–Crippen LogP) is 2.97. The van der Waals surface area contributed by atoms with Gasteiger partial charge in [-0.1, -0.05) is 6.42 Å². The third kappa shape index (κ3) is 1.10. The fourth-order valence-corrected chi connectivity index (χ4v) is 2.99. The maximum Gasteiger partial charge on any atom is 0.194 e. The van der Waals surface area contributed by atoms with Crippen LogP contribution in [0.2, 0.25) is 0 Å². The monoisotopic (exact) mass is 192 g/mol. The predicted molar refractivity (Wildman–Crippen MR) is 54.4 cm³/mol. The summed E-state index contributed by atoms with van der Waals surface area (Å²) in [5.41, 5.74) is 1.12. The molecule has 0 saturated heterocycles. The van der Waals surface area contributed by atoms with Crippen molar-refractivity contribution in [3.05, 3.63) is 23.0 Å². The summed E-state index contributed by atoms with van der Waals surface area (Å²) in [7, 11) is 0. The Balaban J connectivity index is 2.06. The normalized spacial score (nSPS) is 17.9. The van der Waals surface area contributed by atoms with Crippen LogP contribution in [0, 0.1) is 6.92 Å². The van der Waals surface area contributed by atoms with Crippen LogP contribution in [0.5, 0.6) is 0 Å². The Kier molecular flexibility index (Phi) is 1.50. The molecule has 1 aliphatic rings. The highest BCUT2D eigenvalue weighted by molar-refractivity contribution is 7.17. The quantitative estimate of drug-likeness (QED) is 0.679. The summed E-state index contributed by atoms with van der Waals surface area (Å²) in [6.45, 7) is 2.04. The summed E-state index contributed by atoms with van der Waals surface area (Å²) in [5.74, 6) is 0.840. The number of aryl methyl sites for hydroxylation is 1. The SMILES string of the molecule is Cc1cn2cc(C3CCC3)sc2n1. The minimum atomic E-state index is 0.840. The second-order valence-corrected chi connectivity index (χ2v) is 4.87. The fourth-order valence-electron chi connectivity index (χ4n) is 1.81. The minimum Gasteiger partial charge on any atom is -0.297 e. The van der Waals surface area contributed by atoms with E-state index in [1.165, 1.54) is 24.1 Å². The topological polar surface area (TPSA) is 17.3 Å². The van der Waals surface area contributed by atoms with E-state index in [0.717, 1.165) is 16.6 Å². The van der Waals surface area contributed by atoms with Crippen LogP contribution in [0.4, 0.5) is 0 Å². The van der Waals surface area contributed by atoms with Gasteiger partial charge in [-0.05, 0) is 25.7 Å². The lowest BCUT2D eigenvalue weighted by Gasteiger charge is -2.23. The van der Waals surface area contributed by atoms with Crippen molar-refractivity contribution in [2.75, 3.05) is 0 Å². The highest BCUT2D eigenvalue weighted by Gasteiger charge is 2.21. The average molecular weight is 192 g/mol. The fraction of sp³-hybridized carbons (Fsp3) is 0.500. The van der Waals surface area contributed by atoms with Crippen molar-refractivity contribution in [3.8, 4) is 0 Å². The summed E-state index contributed by atoms with van der Waals surface area (Å²) in [5, 5.41) is 0. The molecule has 2 aromatic heterocycles. The molecule has 2 nitrogen and oxygen atoms in total. The summed E-state index contributed by atoms with van der Waals surface area (Å²) in [4.78, 5) is 7.13. The molecular formula is C10H12N2S. The van der Waals surface area contributed by atoms with Crippen LogP contribution in [-0.4, -0.2) is 9.38 Å². The summed E-state index contributed by atoms with van der Waals surface area (Å²) in [6, 6.07) is 0. The molecule has 0 aromatic carbocycles. The number of hydrogen-bond donors (Lipinski definition) is 0. The van der Waals surface area contributed by atoms with E-state index in [4.69, 9.17) is 0 Å². The number of fused-ring (bicyclic) bond motifs is 1. The molecule has 1 saturated carbocycles. The zero-order valence-electron chi connectivity index (χ0n) is 7.66. The van der Waals surface area contributed by atoms with Crippen molar-refractivity contribution in [3.63, 3.8) is 0 Å². The van der Waals surface area contributed by atoms with Gasteiger partial charge in [-0.2, -0.15) is 0 Å². The Morgan fingerprint density at radius 2 is 2.31 bits per heavy atom.